The number of anilines is 1. The fraction of sp³-hybridized carbons (Fsp3) is 0.207. The molecule has 38 heavy (non-hydrogen) atoms. The Balaban J connectivity index is 1.48. The molecule has 5 heterocycles. The van der Waals surface area contributed by atoms with Gasteiger partial charge in [-0.2, -0.15) is 5.10 Å². The Morgan fingerprint density at radius 2 is 1.89 bits per heavy atom. The minimum atomic E-state index is -0.253. The minimum absolute atomic E-state index is 0.253. The van der Waals surface area contributed by atoms with Crippen LogP contribution in [0.15, 0.2) is 73.2 Å². The molecule has 9 heteroatoms. The van der Waals surface area contributed by atoms with Gasteiger partial charge >= 0.3 is 0 Å². The topological polar surface area (TPSA) is 67.6 Å². The number of rotatable bonds is 5. The maximum absolute atomic E-state index is 14.6. The SMILES string of the molecule is COc1cc(-c2c(-c3ccncc3)nn3c(-c4ccc(F)cc4N4CC5CC4CN5)ccnc23)ccc1Cl. The molecule has 2 aromatic carbocycles. The van der Waals surface area contributed by atoms with Gasteiger partial charge in [0.25, 0.3) is 0 Å². The van der Waals surface area contributed by atoms with Crippen molar-refractivity contribution in [1.82, 2.24) is 24.9 Å². The third-order valence-corrected chi connectivity index (χ3v) is 7.83. The van der Waals surface area contributed by atoms with Gasteiger partial charge < -0.3 is 15.0 Å². The number of halogens is 2. The van der Waals surface area contributed by atoms with Crippen LogP contribution in [0, 0.1) is 5.82 Å². The summed E-state index contributed by atoms with van der Waals surface area (Å²) in [5.74, 6) is 0.315. The predicted molar refractivity (Wildman–Crippen MR) is 146 cm³/mol. The molecule has 2 unspecified atom stereocenters. The number of nitrogens with one attached hydrogen (secondary N) is 1. The smallest absolute Gasteiger partial charge is 0.164 e. The van der Waals surface area contributed by atoms with Crippen molar-refractivity contribution in [3.05, 3.63) is 84.0 Å². The Labute approximate surface area is 223 Å². The quantitative estimate of drug-likeness (QED) is 0.327. The van der Waals surface area contributed by atoms with E-state index in [1.54, 1.807) is 31.8 Å². The molecule has 2 fully saturated rings. The number of piperazine rings is 1. The first kappa shape index (κ1) is 23.1. The van der Waals surface area contributed by atoms with Crippen molar-refractivity contribution in [2.75, 3.05) is 25.1 Å². The lowest BCUT2D eigenvalue weighted by Crippen LogP contribution is -2.43. The maximum atomic E-state index is 14.6. The van der Waals surface area contributed by atoms with Crippen LogP contribution in [0.4, 0.5) is 10.1 Å². The van der Waals surface area contributed by atoms with Gasteiger partial charge in [0.2, 0.25) is 0 Å². The monoisotopic (exact) mass is 526 g/mol. The molecule has 2 bridgehead atoms. The molecule has 7 nitrogen and oxygen atoms in total. The highest BCUT2D eigenvalue weighted by Crippen LogP contribution is 2.41. The van der Waals surface area contributed by atoms with Crippen LogP contribution in [0.2, 0.25) is 5.02 Å². The van der Waals surface area contributed by atoms with Crippen molar-refractivity contribution in [3.63, 3.8) is 0 Å². The van der Waals surface area contributed by atoms with Crippen LogP contribution < -0.4 is 15.0 Å². The van der Waals surface area contributed by atoms with Gasteiger partial charge in [-0.3, -0.25) is 4.98 Å². The van der Waals surface area contributed by atoms with E-state index in [1.165, 1.54) is 6.07 Å². The summed E-state index contributed by atoms with van der Waals surface area (Å²) in [7, 11) is 1.60. The van der Waals surface area contributed by atoms with Gasteiger partial charge in [0.15, 0.2) is 5.65 Å². The standard InChI is InChI=1S/C29H24ClFN6O/c1-38-26-12-18(2-5-23(26)30)27-28(17-6-9-32-10-7-17)35-37-24(8-11-33-29(27)37)22-4-3-19(31)13-25(22)36-16-20-14-21(36)15-34-20/h2-13,20-21,34H,14-16H2,1H3. The molecule has 0 radical (unpaired) electrons. The van der Waals surface area contributed by atoms with E-state index in [-0.39, 0.29) is 5.82 Å². The average molecular weight is 527 g/mol. The lowest BCUT2D eigenvalue weighted by Gasteiger charge is -2.31. The Hall–Kier alpha value is -4.01. The molecule has 0 saturated carbocycles. The van der Waals surface area contributed by atoms with Crippen LogP contribution in [0.1, 0.15) is 6.42 Å². The Bertz CT molecular complexity index is 1670. The second kappa shape index (κ2) is 9.08. The molecule has 1 N–H and O–H groups in total. The summed E-state index contributed by atoms with van der Waals surface area (Å²) in [6.07, 6.45) is 6.34. The molecular formula is C29H24ClFN6O. The van der Waals surface area contributed by atoms with Crippen LogP contribution in [0.3, 0.4) is 0 Å². The van der Waals surface area contributed by atoms with Gasteiger partial charge in [0, 0.05) is 60.6 Å². The van der Waals surface area contributed by atoms with Crippen LogP contribution >= 0.6 is 11.6 Å². The summed E-state index contributed by atoms with van der Waals surface area (Å²) < 4.78 is 21.9. The third-order valence-electron chi connectivity index (χ3n) is 7.51. The molecule has 5 aromatic rings. The predicted octanol–water partition coefficient (Wildman–Crippen LogP) is 5.48. The molecular weight excluding hydrogens is 503 g/mol. The van der Waals surface area contributed by atoms with E-state index in [1.807, 2.05) is 47.0 Å². The first-order valence-corrected chi connectivity index (χ1v) is 12.9. The molecule has 0 amide bonds. The number of benzene rings is 2. The highest BCUT2D eigenvalue weighted by molar-refractivity contribution is 6.32. The zero-order valence-corrected chi connectivity index (χ0v) is 21.4. The molecule has 2 aliphatic rings. The van der Waals surface area contributed by atoms with Gasteiger partial charge in [0.1, 0.15) is 17.3 Å². The van der Waals surface area contributed by atoms with Crippen molar-refractivity contribution in [2.24, 2.45) is 0 Å². The van der Waals surface area contributed by atoms with Crippen molar-refractivity contribution in [1.29, 1.82) is 0 Å². The largest absolute Gasteiger partial charge is 0.495 e. The van der Waals surface area contributed by atoms with Crippen LogP contribution in [-0.2, 0) is 0 Å². The fourth-order valence-electron chi connectivity index (χ4n) is 5.76. The average Bonchev–Trinajstić information content (AvgIpc) is 3.68. The van der Waals surface area contributed by atoms with Crippen LogP contribution in [0.5, 0.6) is 5.75 Å². The molecule has 2 aliphatic heterocycles. The highest BCUT2D eigenvalue weighted by atomic mass is 35.5. The molecule has 0 spiro atoms. The zero-order valence-electron chi connectivity index (χ0n) is 20.6. The van der Waals surface area contributed by atoms with E-state index in [4.69, 9.17) is 26.4 Å². The van der Waals surface area contributed by atoms with E-state index in [2.05, 4.69) is 15.2 Å². The van der Waals surface area contributed by atoms with Crippen molar-refractivity contribution in [2.45, 2.75) is 18.5 Å². The Kier molecular flexibility index (Phi) is 5.52. The van der Waals surface area contributed by atoms with E-state index in [9.17, 15) is 4.39 Å². The van der Waals surface area contributed by atoms with E-state index < -0.39 is 0 Å². The summed E-state index contributed by atoms with van der Waals surface area (Å²) in [6, 6.07) is 17.2. The van der Waals surface area contributed by atoms with Gasteiger partial charge in [-0.25, -0.2) is 13.9 Å². The first-order chi connectivity index (χ1) is 18.6. The lowest BCUT2D eigenvalue weighted by atomic mass is 10.0. The Morgan fingerprint density at radius 3 is 2.66 bits per heavy atom. The van der Waals surface area contributed by atoms with Gasteiger partial charge in [-0.15, -0.1) is 0 Å². The lowest BCUT2D eigenvalue weighted by molar-refractivity contribution is 0.415. The third kappa shape index (κ3) is 3.71. The van der Waals surface area contributed by atoms with E-state index in [0.29, 0.717) is 28.5 Å². The number of hydrogen-bond donors (Lipinski definition) is 1. The van der Waals surface area contributed by atoms with Crippen molar-refractivity contribution < 1.29 is 9.13 Å². The van der Waals surface area contributed by atoms with Gasteiger partial charge in [0.05, 0.1) is 23.4 Å². The number of ether oxygens (including phenoxy) is 1. The van der Waals surface area contributed by atoms with E-state index >= 15 is 0 Å². The molecule has 190 valence electrons. The molecule has 2 saturated heterocycles. The van der Waals surface area contributed by atoms with E-state index in [0.717, 1.165) is 58.8 Å². The molecule has 7 rings (SSSR count). The highest BCUT2D eigenvalue weighted by Gasteiger charge is 2.38. The number of pyridine rings is 1. The van der Waals surface area contributed by atoms with Crippen LogP contribution in [-0.4, -0.2) is 51.9 Å². The van der Waals surface area contributed by atoms with Gasteiger partial charge in [-0.1, -0.05) is 17.7 Å². The summed E-state index contributed by atoms with van der Waals surface area (Å²) in [5.41, 5.74) is 6.69. The first-order valence-electron chi connectivity index (χ1n) is 12.5. The number of hydrogen-bond acceptors (Lipinski definition) is 6. The normalized spacial score (nSPS) is 18.4. The minimum Gasteiger partial charge on any atom is -0.495 e. The zero-order chi connectivity index (χ0) is 25.8. The number of methoxy groups -OCH3 is 1. The number of aromatic nitrogens is 4. The maximum Gasteiger partial charge on any atom is 0.164 e. The summed E-state index contributed by atoms with van der Waals surface area (Å²) in [4.78, 5) is 11.3. The molecule has 3 aromatic heterocycles. The van der Waals surface area contributed by atoms with Crippen molar-refractivity contribution in [3.8, 4) is 39.4 Å². The Morgan fingerprint density at radius 1 is 1.03 bits per heavy atom. The molecule has 2 atom stereocenters. The number of nitrogens with zero attached hydrogens (tertiary/aromatic N) is 5. The van der Waals surface area contributed by atoms with Crippen molar-refractivity contribution >= 4 is 22.9 Å². The second-order valence-corrected chi connectivity index (χ2v) is 10.1. The van der Waals surface area contributed by atoms with Gasteiger partial charge in [-0.05, 0) is 60.5 Å². The fourth-order valence-corrected chi connectivity index (χ4v) is 5.95. The van der Waals surface area contributed by atoms with Crippen LogP contribution in [0.25, 0.3) is 39.3 Å². The summed E-state index contributed by atoms with van der Waals surface area (Å²) in [6.45, 7) is 1.76. The summed E-state index contributed by atoms with van der Waals surface area (Å²) >= 11 is 6.35. The second-order valence-electron chi connectivity index (χ2n) is 9.68. The summed E-state index contributed by atoms with van der Waals surface area (Å²) in [5, 5.41) is 9.14. The number of fused-ring (bicyclic) bond motifs is 3. The molecule has 0 aliphatic carbocycles.